The molecule has 2 rings (SSSR count). The van der Waals surface area contributed by atoms with Crippen molar-refractivity contribution in [1.29, 1.82) is 0 Å². The molecule has 2 aromatic carbocycles. The van der Waals surface area contributed by atoms with Crippen LogP contribution < -0.4 is 0 Å². The van der Waals surface area contributed by atoms with Gasteiger partial charge in [0.25, 0.3) is 0 Å². The van der Waals surface area contributed by atoms with Crippen LogP contribution in [0.4, 0.5) is 13.2 Å². The van der Waals surface area contributed by atoms with Crippen molar-refractivity contribution < 1.29 is 18.0 Å². The molecule has 1 nitrogen and oxygen atoms in total. The molecule has 2 aromatic rings. The normalized spacial score (nSPS) is 11.4. The maximum atomic E-state index is 12.6. The number of halogens is 4. The fraction of sp³-hybridized carbons (Fsp3) is 0.133. The summed E-state index contributed by atoms with van der Waals surface area (Å²) in [5.74, 6) is -0.438. The van der Waals surface area contributed by atoms with Crippen molar-refractivity contribution in [2.24, 2.45) is 0 Å². The van der Waals surface area contributed by atoms with Gasteiger partial charge < -0.3 is 0 Å². The molecule has 0 N–H and O–H groups in total. The lowest BCUT2D eigenvalue weighted by Crippen LogP contribution is -2.09. The number of ketones is 1. The fourth-order valence-electron chi connectivity index (χ4n) is 1.79. The predicted molar refractivity (Wildman–Crippen MR) is 70.9 cm³/mol. The van der Waals surface area contributed by atoms with Gasteiger partial charge in [0.05, 0.1) is 10.6 Å². The summed E-state index contributed by atoms with van der Waals surface area (Å²) >= 11 is 5.82. The van der Waals surface area contributed by atoms with E-state index < -0.39 is 17.5 Å². The van der Waals surface area contributed by atoms with Gasteiger partial charge in [0.2, 0.25) is 0 Å². The Morgan fingerprint density at radius 2 is 1.70 bits per heavy atom. The maximum absolute atomic E-state index is 12.6. The highest BCUT2D eigenvalue weighted by molar-refractivity contribution is 6.34. The molecule has 0 saturated carbocycles. The Labute approximate surface area is 119 Å². The lowest BCUT2D eigenvalue weighted by atomic mass is 10.0. The van der Waals surface area contributed by atoms with Gasteiger partial charge in [-0.15, -0.1) is 0 Å². The van der Waals surface area contributed by atoms with Crippen molar-refractivity contribution in [1.82, 2.24) is 0 Å². The van der Waals surface area contributed by atoms with Gasteiger partial charge >= 0.3 is 6.18 Å². The van der Waals surface area contributed by atoms with Crippen LogP contribution in [0.25, 0.3) is 0 Å². The molecular formula is C15H10ClF3O. The number of alkyl halides is 3. The summed E-state index contributed by atoms with van der Waals surface area (Å²) in [5.41, 5.74) is -0.255. The highest BCUT2D eigenvalue weighted by atomic mass is 35.5. The molecule has 0 spiro atoms. The predicted octanol–water partition coefficient (Wildman–Crippen LogP) is 4.78. The number of hydrogen-bond acceptors (Lipinski definition) is 1. The first kappa shape index (κ1) is 14.6. The average molecular weight is 299 g/mol. The Morgan fingerprint density at radius 3 is 2.30 bits per heavy atom. The number of carbonyl (C=O) groups is 1. The summed E-state index contributed by atoms with van der Waals surface area (Å²) in [6.07, 6.45) is -4.48. The quantitative estimate of drug-likeness (QED) is 0.745. The SMILES string of the molecule is O=C(Cc1ccccc1)c1cc(C(F)(F)F)ccc1Cl. The van der Waals surface area contributed by atoms with E-state index in [1.54, 1.807) is 30.3 Å². The van der Waals surface area contributed by atoms with Gasteiger partial charge in [-0.1, -0.05) is 41.9 Å². The summed E-state index contributed by atoms with van der Waals surface area (Å²) in [4.78, 5) is 12.1. The fourth-order valence-corrected chi connectivity index (χ4v) is 2.01. The Kier molecular flexibility index (Phi) is 4.14. The van der Waals surface area contributed by atoms with E-state index in [9.17, 15) is 18.0 Å². The number of carbonyl (C=O) groups excluding carboxylic acids is 1. The molecule has 0 aliphatic heterocycles. The van der Waals surface area contributed by atoms with Crippen LogP contribution in [-0.4, -0.2) is 5.78 Å². The molecule has 0 unspecified atom stereocenters. The molecule has 0 bridgehead atoms. The van der Waals surface area contributed by atoms with E-state index in [4.69, 9.17) is 11.6 Å². The average Bonchev–Trinajstić information content (AvgIpc) is 2.39. The molecule has 5 heteroatoms. The minimum absolute atomic E-state index is 0.0157. The van der Waals surface area contributed by atoms with Crippen LogP contribution >= 0.6 is 11.6 Å². The third-order valence-electron chi connectivity index (χ3n) is 2.80. The molecule has 0 amide bonds. The van der Waals surface area contributed by atoms with E-state index in [-0.39, 0.29) is 17.0 Å². The largest absolute Gasteiger partial charge is 0.416 e. The number of hydrogen-bond donors (Lipinski definition) is 0. The van der Waals surface area contributed by atoms with Gasteiger partial charge in [-0.25, -0.2) is 0 Å². The van der Waals surface area contributed by atoms with Crippen molar-refractivity contribution in [3.8, 4) is 0 Å². The zero-order valence-electron chi connectivity index (χ0n) is 10.2. The van der Waals surface area contributed by atoms with Gasteiger partial charge in [-0.05, 0) is 23.8 Å². The Hall–Kier alpha value is -1.81. The first-order valence-corrected chi connectivity index (χ1v) is 6.19. The smallest absolute Gasteiger partial charge is 0.294 e. The van der Waals surface area contributed by atoms with Crippen LogP contribution in [0.2, 0.25) is 5.02 Å². The van der Waals surface area contributed by atoms with Crippen molar-refractivity contribution in [3.63, 3.8) is 0 Å². The summed E-state index contributed by atoms with van der Waals surface area (Å²) in [5, 5.41) is 0.0268. The second-order valence-corrected chi connectivity index (χ2v) is 4.69. The second kappa shape index (κ2) is 5.67. The lowest BCUT2D eigenvalue weighted by Gasteiger charge is -2.10. The minimum atomic E-state index is -4.49. The van der Waals surface area contributed by atoms with Crippen molar-refractivity contribution in [3.05, 3.63) is 70.2 Å². The first-order chi connectivity index (χ1) is 9.38. The Balaban J connectivity index is 2.30. The molecule has 0 aliphatic rings. The summed E-state index contributed by atoms with van der Waals surface area (Å²) in [6, 6.07) is 11.6. The van der Waals surface area contributed by atoms with E-state index in [0.717, 1.165) is 23.8 Å². The zero-order chi connectivity index (χ0) is 14.8. The van der Waals surface area contributed by atoms with E-state index in [1.165, 1.54) is 0 Å². The monoisotopic (exact) mass is 298 g/mol. The van der Waals surface area contributed by atoms with Gasteiger partial charge in [-0.3, -0.25) is 4.79 Å². The summed E-state index contributed by atoms with van der Waals surface area (Å²) < 4.78 is 37.9. The lowest BCUT2D eigenvalue weighted by molar-refractivity contribution is -0.137. The molecule has 104 valence electrons. The van der Waals surface area contributed by atoms with Crippen LogP contribution in [0, 0.1) is 0 Å². The standard InChI is InChI=1S/C15H10ClF3O/c16-13-7-6-11(15(17,18)19)9-12(13)14(20)8-10-4-2-1-3-5-10/h1-7,9H,8H2. The van der Waals surface area contributed by atoms with E-state index in [2.05, 4.69) is 0 Å². The Morgan fingerprint density at radius 1 is 1.05 bits per heavy atom. The highest BCUT2D eigenvalue weighted by Gasteiger charge is 2.31. The van der Waals surface area contributed by atoms with Gasteiger partial charge in [0.15, 0.2) is 5.78 Å². The van der Waals surface area contributed by atoms with Crippen LogP contribution in [-0.2, 0) is 12.6 Å². The molecule has 0 aromatic heterocycles. The minimum Gasteiger partial charge on any atom is -0.294 e. The van der Waals surface area contributed by atoms with Crippen LogP contribution in [0.15, 0.2) is 48.5 Å². The van der Waals surface area contributed by atoms with Gasteiger partial charge in [0, 0.05) is 12.0 Å². The van der Waals surface area contributed by atoms with Crippen molar-refractivity contribution >= 4 is 17.4 Å². The Bertz CT molecular complexity index is 621. The van der Waals surface area contributed by atoms with Crippen LogP contribution in [0.3, 0.4) is 0 Å². The molecule has 0 aliphatic carbocycles. The molecule has 0 radical (unpaired) electrons. The molecular weight excluding hydrogens is 289 g/mol. The van der Waals surface area contributed by atoms with Crippen molar-refractivity contribution in [2.75, 3.05) is 0 Å². The van der Waals surface area contributed by atoms with E-state index in [1.807, 2.05) is 0 Å². The van der Waals surface area contributed by atoms with Crippen molar-refractivity contribution in [2.45, 2.75) is 12.6 Å². The van der Waals surface area contributed by atoms with Crippen LogP contribution in [0.5, 0.6) is 0 Å². The first-order valence-electron chi connectivity index (χ1n) is 5.82. The molecule has 0 saturated heterocycles. The maximum Gasteiger partial charge on any atom is 0.416 e. The summed E-state index contributed by atoms with van der Waals surface area (Å²) in [7, 11) is 0. The third kappa shape index (κ3) is 3.39. The third-order valence-corrected chi connectivity index (χ3v) is 3.13. The summed E-state index contributed by atoms with van der Waals surface area (Å²) in [6.45, 7) is 0. The van der Waals surface area contributed by atoms with Gasteiger partial charge in [0.1, 0.15) is 0 Å². The zero-order valence-corrected chi connectivity index (χ0v) is 11.0. The molecule has 0 atom stereocenters. The van der Waals surface area contributed by atoms with E-state index in [0.29, 0.717) is 0 Å². The molecule has 0 heterocycles. The molecule has 20 heavy (non-hydrogen) atoms. The number of rotatable bonds is 3. The number of benzene rings is 2. The topological polar surface area (TPSA) is 17.1 Å². The van der Waals surface area contributed by atoms with Crippen LogP contribution in [0.1, 0.15) is 21.5 Å². The molecule has 0 fully saturated rings. The number of Topliss-reactive ketones (excluding diaryl/α,β-unsaturated/α-hetero) is 1. The second-order valence-electron chi connectivity index (χ2n) is 4.28. The highest BCUT2D eigenvalue weighted by Crippen LogP contribution is 2.32. The van der Waals surface area contributed by atoms with Gasteiger partial charge in [-0.2, -0.15) is 13.2 Å². The van der Waals surface area contributed by atoms with E-state index >= 15 is 0 Å².